The summed E-state index contributed by atoms with van der Waals surface area (Å²) in [6.45, 7) is 3.63. The fourth-order valence-corrected chi connectivity index (χ4v) is 2.30. The van der Waals surface area contributed by atoms with Gasteiger partial charge >= 0.3 is 0 Å². The van der Waals surface area contributed by atoms with E-state index in [2.05, 4.69) is 27.2 Å². The SMILES string of the molecule is NCc1nnc(N2CCOCC2)c2ccccc12. The average Bonchev–Trinajstić information content (AvgIpc) is 2.47. The Morgan fingerprint density at radius 3 is 2.56 bits per heavy atom. The fraction of sp³-hybridized carbons (Fsp3) is 0.385. The van der Waals surface area contributed by atoms with Crippen LogP contribution < -0.4 is 10.6 Å². The molecule has 2 heterocycles. The summed E-state index contributed by atoms with van der Waals surface area (Å²) in [5, 5.41) is 10.8. The van der Waals surface area contributed by atoms with Crippen molar-refractivity contribution in [3.8, 4) is 0 Å². The molecule has 1 saturated heterocycles. The lowest BCUT2D eigenvalue weighted by Crippen LogP contribution is -2.37. The third-order valence-electron chi connectivity index (χ3n) is 3.25. The first-order valence-electron chi connectivity index (χ1n) is 6.17. The smallest absolute Gasteiger partial charge is 0.159 e. The van der Waals surface area contributed by atoms with Crippen molar-refractivity contribution < 1.29 is 4.74 Å². The Morgan fingerprint density at radius 1 is 1.11 bits per heavy atom. The summed E-state index contributed by atoms with van der Waals surface area (Å²) in [5.41, 5.74) is 6.56. The maximum atomic E-state index is 5.71. The Morgan fingerprint density at radius 2 is 1.83 bits per heavy atom. The summed E-state index contributed by atoms with van der Waals surface area (Å²) in [4.78, 5) is 2.22. The van der Waals surface area contributed by atoms with E-state index in [0.29, 0.717) is 6.54 Å². The molecule has 0 saturated carbocycles. The molecule has 1 aromatic carbocycles. The second-order valence-electron chi connectivity index (χ2n) is 4.32. The van der Waals surface area contributed by atoms with E-state index in [4.69, 9.17) is 10.5 Å². The number of nitrogens with two attached hydrogens (primary N) is 1. The van der Waals surface area contributed by atoms with Gasteiger partial charge in [0.1, 0.15) is 0 Å². The third kappa shape index (κ3) is 1.91. The third-order valence-corrected chi connectivity index (χ3v) is 3.25. The molecule has 0 radical (unpaired) electrons. The minimum atomic E-state index is 0.414. The molecule has 0 bridgehead atoms. The Kier molecular flexibility index (Phi) is 3.08. The van der Waals surface area contributed by atoms with Gasteiger partial charge in [-0.05, 0) is 0 Å². The highest BCUT2D eigenvalue weighted by atomic mass is 16.5. The summed E-state index contributed by atoms with van der Waals surface area (Å²) in [5.74, 6) is 0.936. The van der Waals surface area contributed by atoms with Crippen LogP contribution in [0.1, 0.15) is 5.69 Å². The van der Waals surface area contributed by atoms with Gasteiger partial charge in [0, 0.05) is 30.4 Å². The van der Waals surface area contributed by atoms with E-state index in [1.165, 1.54) is 0 Å². The van der Waals surface area contributed by atoms with Crippen LogP contribution in [-0.2, 0) is 11.3 Å². The van der Waals surface area contributed by atoms with Gasteiger partial charge in [0.05, 0.1) is 18.9 Å². The van der Waals surface area contributed by atoms with Crippen molar-refractivity contribution in [2.24, 2.45) is 5.73 Å². The molecule has 2 aromatic rings. The van der Waals surface area contributed by atoms with Crippen molar-refractivity contribution in [3.63, 3.8) is 0 Å². The summed E-state index contributed by atoms with van der Waals surface area (Å²) >= 11 is 0. The number of nitrogens with zero attached hydrogens (tertiary/aromatic N) is 3. The molecule has 0 atom stereocenters. The molecule has 1 aliphatic heterocycles. The molecule has 94 valence electrons. The molecule has 5 heteroatoms. The normalized spacial score (nSPS) is 16.2. The molecule has 0 unspecified atom stereocenters. The number of aromatic nitrogens is 2. The van der Waals surface area contributed by atoms with Gasteiger partial charge in [0.15, 0.2) is 5.82 Å². The van der Waals surface area contributed by atoms with Crippen molar-refractivity contribution in [3.05, 3.63) is 30.0 Å². The molecule has 18 heavy (non-hydrogen) atoms. The van der Waals surface area contributed by atoms with Crippen LogP contribution in [0.25, 0.3) is 10.8 Å². The van der Waals surface area contributed by atoms with Crippen molar-refractivity contribution in [2.45, 2.75) is 6.54 Å². The fourth-order valence-electron chi connectivity index (χ4n) is 2.30. The monoisotopic (exact) mass is 244 g/mol. The van der Waals surface area contributed by atoms with Crippen LogP contribution in [0, 0.1) is 0 Å². The van der Waals surface area contributed by atoms with Crippen LogP contribution in [0.4, 0.5) is 5.82 Å². The lowest BCUT2D eigenvalue weighted by Gasteiger charge is -2.28. The standard InChI is InChI=1S/C13H16N4O/c14-9-12-10-3-1-2-4-11(10)13(16-15-12)17-5-7-18-8-6-17/h1-4H,5-9,14H2. The first-order valence-corrected chi connectivity index (χ1v) is 6.17. The van der Waals surface area contributed by atoms with Gasteiger partial charge < -0.3 is 15.4 Å². The van der Waals surface area contributed by atoms with Crippen LogP contribution in [0.2, 0.25) is 0 Å². The Balaban J connectivity index is 2.12. The number of benzene rings is 1. The van der Waals surface area contributed by atoms with Gasteiger partial charge in [-0.2, -0.15) is 5.10 Å². The van der Waals surface area contributed by atoms with Gasteiger partial charge in [-0.25, -0.2) is 0 Å². The molecule has 0 spiro atoms. The second-order valence-corrected chi connectivity index (χ2v) is 4.32. The Bertz CT molecular complexity index is 552. The summed E-state index contributed by atoms with van der Waals surface area (Å²) in [6, 6.07) is 8.16. The lowest BCUT2D eigenvalue weighted by atomic mass is 10.1. The number of ether oxygens (including phenoxy) is 1. The molecular weight excluding hydrogens is 228 g/mol. The van der Waals surface area contributed by atoms with Crippen molar-refractivity contribution >= 4 is 16.6 Å². The molecule has 1 aromatic heterocycles. The van der Waals surface area contributed by atoms with Crippen LogP contribution in [-0.4, -0.2) is 36.5 Å². The van der Waals surface area contributed by atoms with E-state index in [9.17, 15) is 0 Å². The van der Waals surface area contributed by atoms with E-state index in [-0.39, 0.29) is 0 Å². The number of hydrogen-bond donors (Lipinski definition) is 1. The molecule has 1 aliphatic rings. The zero-order valence-corrected chi connectivity index (χ0v) is 10.2. The van der Waals surface area contributed by atoms with Crippen LogP contribution >= 0.6 is 0 Å². The van der Waals surface area contributed by atoms with E-state index in [0.717, 1.165) is 48.6 Å². The zero-order valence-electron chi connectivity index (χ0n) is 10.2. The first kappa shape index (κ1) is 11.4. The maximum Gasteiger partial charge on any atom is 0.159 e. The van der Waals surface area contributed by atoms with Crippen LogP contribution in [0.15, 0.2) is 24.3 Å². The van der Waals surface area contributed by atoms with Crippen molar-refractivity contribution in [1.82, 2.24) is 10.2 Å². The topological polar surface area (TPSA) is 64.3 Å². The lowest BCUT2D eigenvalue weighted by molar-refractivity contribution is 0.122. The molecule has 0 aliphatic carbocycles. The first-order chi connectivity index (χ1) is 8.90. The van der Waals surface area contributed by atoms with Gasteiger partial charge in [-0.1, -0.05) is 24.3 Å². The van der Waals surface area contributed by atoms with E-state index in [1.54, 1.807) is 0 Å². The predicted octanol–water partition coefficient (Wildman–Crippen LogP) is 0.925. The van der Waals surface area contributed by atoms with E-state index < -0.39 is 0 Å². The van der Waals surface area contributed by atoms with Crippen molar-refractivity contribution in [2.75, 3.05) is 31.2 Å². The molecule has 5 nitrogen and oxygen atoms in total. The van der Waals surface area contributed by atoms with Crippen molar-refractivity contribution in [1.29, 1.82) is 0 Å². The number of hydrogen-bond acceptors (Lipinski definition) is 5. The van der Waals surface area contributed by atoms with Gasteiger partial charge in [0.2, 0.25) is 0 Å². The highest BCUT2D eigenvalue weighted by molar-refractivity contribution is 5.93. The summed E-state index contributed by atoms with van der Waals surface area (Å²) in [7, 11) is 0. The molecular formula is C13H16N4O. The van der Waals surface area contributed by atoms with Gasteiger partial charge in [-0.3, -0.25) is 0 Å². The van der Waals surface area contributed by atoms with E-state index in [1.807, 2.05) is 12.1 Å². The minimum absolute atomic E-state index is 0.414. The predicted molar refractivity (Wildman–Crippen MR) is 70.5 cm³/mol. The van der Waals surface area contributed by atoms with Crippen LogP contribution in [0.5, 0.6) is 0 Å². The van der Waals surface area contributed by atoms with Gasteiger partial charge in [0.25, 0.3) is 0 Å². The zero-order chi connectivity index (χ0) is 12.4. The van der Waals surface area contributed by atoms with E-state index >= 15 is 0 Å². The number of rotatable bonds is 2. The Labute approximate surface area is 106 Å². The number of morpholine rings is 1. The summed E-state index contributed by atoms with van der Waals surface area (Å²) < 4.78 is 5.37. The maximum absolute atomic E-state index is 5.71. The quantitative estimate of drug-likeness (QED) is 0.851. The second kappa shape index (κ2) is 4.88. The molecule has 1 fully saturated rings. The highest BCUT2D eigenvalue weighted by Crippen LogP contribution is 2.26. The average molecular weight is 244 g/mol. The van der Waals surface area contributed by atoms with Crippen LogP contribution in [0.3, 0.4) is 0 Å². The number of fused-ring (bicyclic) bond motifs is 1. The largest absolute Gasteiger partial charge is 0.378 e. The minimum Gasteiger partial charge on any atom is -0.378 e. The molecule has 2 N–H and O–H groups in total. The number of anilines is 1. The molecule has 0 amide bonds. The molecule has 3 rings (SSSR count). The Hall–Kier alpha value is -1.72. The highest BCUT2D eigenvalue weighted by Gasteiger charge is 2.16. The summed E-state index contributed by atoms with van der Waals surface area (Å²) in [6.07, 6.45) is 0. The van der Waals surface area contributed by atoms with Gasteiger partial charge in [-0.15, -0.1) is 5.10 Å².